The highest BCUT2D eigenvalue weighted by atomic mass is 16.7. The molecule has 3 heterocycles. The molecule has 2 aliphatic heterocycles. The molecular weight excluding hydrogens is 604 g/mol. The Morgan fingerprint density at radius 2 is 1.33 bits per heavy atom. The number of fused-ring (bicyclic) bond motifs is 1. The van der Waals surface area contributed by atoms with Gasteiger partial charge in [-0.25, -0.2) is 4.42 Å². The molecular formula is C29H33O16+. The predicted molar refractivity (Wildman–Crippen MR) is 148 cm³/mol. The summed E-state index contributed by atoms with van der Waals surface area (Å²) in [5.41, 5.74) is 0.338. The summed E-state index contributed by atoms with van der Waals surface area (Å²) in [6, 6.07) is 9.36. The van der Waals surface area contributed by atoms with Gasteiger partial charge in [0.25, 0.3) is 0 Å². The predicted octanol–water partition coefficient (Wildman–Crippen LogP) is -1.28. The summed E-state index contributed by atoms with van der Waals surface area (Å²) in [6.07, 6.45) is -16.3. The molecule has 45 heavy (non-hydrogen) atoms. The number of aliphatic hydroxyl groups excluding tert-OH is 7. The van der Waals surface area contributed by atoms with E-state index in [1.165, 1.54) is 36.4 Å². The van der Waals surface area contributed by atoms with Gasteiger partial charge in [-0.05, 0) is 24.3 Å². The lowest BCUT2D eigenvalue weighted by Crippen LogP contribution is -2.60. The number of hydrogen-bond acceptors (Lipinski definition) is 15. The second-order valence-electron chi connectivity index (χ2n) is 10.6. The van der Waals surface area contributed by atoms with Crippen LogP contribution in [0.1, 0.15) is 6.92 Å². The molecule has 16 nitrogen and oxygen atoms in total. The van der Waals surface area contributed by atoms with E-state index in [1.54, 1.807) is 0 Å². The molecule has 1 aromatic heterocycles. The van der Waals surface area contributed by atoms with Crippen LogP contribution >= 0.6 is 0 Å². The van der Waals surface area contributed by atoms with Crippen LogP contribution in [0.2, 0.25) is 0 Å². The van der Waals surface area contributed by atoms with Gasteiger partial charge in [-0.2, -0.15) is 0 Å². The number of esters is 1. The molecule has 2 aromatic carbocycles. The molecule has 5 unspecified atom stereocenters. The third-order valence-electron chi connectivity index (χ3n) is 7.38. The Hall–Kier alpha value is -3.84. The molecule has 0 saturated carbocycles. The van der Waals surface area contributed by atoms with Crippen LogP contribution < -0.4 is 9.47 Å². The van der Waals surface area contributed by atoms with E-state index in [1.807, 2.05) is 0 Å². The van der Waals surface area contributed by atoms with Crippen molar-refractivity contribution in [3.05, 3.63) is 42.5 Å². The van der Waals surface area contributed by atoms with E-state index in [9.17, 15) is 50.8 Å². The second-order valence-corrected chi connectivity index (χ2v) is 10.6. The molecule has 2 aliphatic rings. The Kier molecular flexibility index (Phi) is 9.59. The first-order chi connectivity index (χ1) is 21.4. The number of rotatable bonds is 8. The molecule has 0 aliphatic carbocycles. The van der Waals surface area contributed by atoms with Crippen molar-refractivity contribution in [2.75, 3.05) is 13.2 Å². The Morgan fingerprint density at radius 1 is 0.756 bits per heavy atom. The van der Waals surface area contributed by atoms with E-state index in [4.69, 9.17) is 28.1 Å². The minimum atomic E-state index is -1.80. The lowest BCUT2D eigenvalue weighted by atomic mass is 9.99. The van der Waals surface area contributed by atoms with Crippen LogP contribution in [0.25, 0.3) is 22.3 Å². The van der Waals surface area contributed by atoms with Gasteiger partial charge < -0.3 is 69.6 Å². The molecule has 16 heteroatoms. The first-order valence-corrected chi connectivity index (χ1v) is 13.8. The Labute approximate surface area is 254 Å². The van der Waals surface area contributed by atoms with Crippen LogP contribution in [-0.4, -0.2) is 127 Å². The molecule has 5 rings (SSSR count). The van der Waals surface area contributed by atoms with Gasteiger partial charge in [0.1, 0.15) is 78.1 Å². The summed E-state index contributed by atoms with van der Waals surface area (Å²) < 4.78 is 33.8. The third kappa shape index (κ3) is 6.74. The average molecular weight is 638 g/mol. The molecule has 244 valence electrons. The van der Waals surface area contributed by atoms with E-state index in [0.29, 0.717) is 5.56 Å². The summed E-state index contributed by atoms with van der Waals surface area (Å²) >= 11 is 0. The van der Waals surface area contributed by atoms with Crippen molar-refractivity contribution in [2.45, 2.75) is 68.3 Å². The van der Waals surface area contributed by atoms with Crippen molar-refractivity contribution in [1.82, 2.24) is 0 Å². The highest BCUT2D eigenvalue weighted by Gasteiger charge is 2.47. The maximum absolute atomic E-state index is 11.3. The fraction of sp³-hybridized carbons (Fsp3) is 0.448. The van der Waals surface area contributed by atoms with Gasteiger partial charge in [0.05, 0.1) is 18.2 Å². The quantitative estimate of drug-likeness (QED) is 0.103. The molecule has 2 saturated heterocycles. The van der Waals surface area contributed by atoms with Crippen LogP contribution in [0.15, 0.2) is 46.9 Å². The lowest BCUT2D eigenvalue weighted by molar-refractivity contribution is -0.278. The first kappa shape index (κ1) is 32.6. The lowest BCUT2D eigenvalue weighted by Gasteiger charge is -2.39. The molecule has 0 bridgehead atoms. The zero-order valence-electron chi connectivity index (χ0n) is 23.6. The molecule has 0 amide bonds. The van der Waals surface area contributed by atoms with Crippen molar-refractivity contribution < 1.29 is 78.9 Å². The Morgan fingerprint density at radius 3 is 1.93 bits per heavy atom. The van der Waals surface area contributed by atoms with Crippen LogP contribution in [0, 0.1) is 0 Å². The maximum atomic E-state index is 11.3. The van der Waals surface area contributed by atoms with Gasteiger partial charge in [-0.1, -0.05) is 0 Å². The summed E-state index contributed by atoms with van der Waals surface area (Å²) in [5.74, 6) is -1.43. The van der Waals surface area contributed by atoms with Crippen molar-refractivity contribution in [1.29, 1.82) is 0 Å². The molecule has 0 spiro atoms. The van der Waals surface area contributed by atoms with Crippen molar-refractivity contribution in [3.8, 4) is 34.3 Å². The van der Waals surface area contributed by atoms with Crippen molar-refractivity contribution >= 4 is 16.9 Å². The van der Waals surface area contributed by atoms with Gasteiger partial charge in [-0.3, -0.25) is 4.79 Å². The van der Waals surface area contributed by atoms with E-state index >= 15 is 0 Å². The van der Waals surface area contributed by atoms with Crippen LogP contribution in [0.3, 0.4) is 0 Å². The van der Waals surface area contributed by atoms with Crippen LogP contribution in [0.4, 0.5) is 0 Å². The minimum Gasteiger partial charge on any atom is -0.508 e. The number of aliphatic hydroxyl groups is 7. The highest BCUT2D eigenvalue weighted by molar-refractivity contribution is 5.88. The van der Waals surface area contributed by atoms with E-state index in [-0.39, 0.29) is 39.7 Å². The Bertz CT molecular complexity index is 1500. The zero-order chi connectivity index (χ0) is 32.6. The van der Waals surface area contributed by atoms with Gasteiger partial charge in [0.15, 0.2) is 0 Å². The number of carbonyl (C=O) groups is 1. The normalized spacial score (nSPS) is 31.8. The first-order valence-electron chi connectivity index (χ1n) is 13.8. The summed E-state index contributed by atoms with van der Waals surface area (Å²) in [6.45, 7) is -0.0440. The SMILES string of the molecule is CC(=O)OCC1O[C@@H](Oc2cc3c(O[C@@H]4OC(CO)[C@@H](O)[C@H](O)C4O)cc(O)cc3[o+]c2-c2ccc(O)cc2)C(O)C(O)[C@@H]1O. The number of phenols is 2. The smallest absolute Gasteiger partial charge is 0.402 e. The fourth-order valence-corrected chi connectivity index (χ4v) is 4.94. The zero-order valence-corrected chi connectivity index (χ0v) is 23.6. The topological polar surface area (TPSA) is 257 Å². The third-order valence-corrected chi connectivity index (χ3v) is 7.38. The number of hydrogen-bond donors (Lipinski definition) is 9. The van der Waals surface area contributed by atoms with Gasteiger partial charge in [0.2, 0.25) is 18.3 Å². The number of ether oxygens (including phenoxy) is 5. The number of phenolic OH excluding ortho intramolecular Hbond substituents is 2. The number of aromatic hydroxyl groups is 2. The largest absolute Gasteiger partial charge is 0.508 e. The second kappa shape index (κ2) is 13.3. The molecule has 10 atom stereocenters. The van der Waals surface area contributed by atoms with E-state index < -0.39 is 80.6 Å². The fourth-order valence-electron chi connectivity index (χ4n) is 4.94. The van der Waals surface area contributed by atoms with Crippen LogP contribution in [-0.2, 0) is 19.0 Å². The minimum absolute atomic E-state index is 0.00156. The van der Waals surface area contributed by atoms with E-state index in [2.05, 4.69) is 0 Å². The van der Waals surface area contributed by atoms with Crippen molar-refractivity contribution in [2.24, 2.45) is 0 Å². The van der Waals surface area contributed by atoms with E-state index in [0.717, 1.165) is 13.0 Å². The molecule has 2 fully saturated rings. The van der Waals surface area contributed by atoms with Crippen LogP contribution in [0.5, 0.6) is 23.0 Å². The highest BCUT2D eigenvalue weighted by Crippen LogP contribution is 2.42. The summed E-state index contributed by atoms with van der Waals surface area (Å²) in [4.78, 5) is 11.3. The Balaban J connectivity index is 1.56. The van der Waals surface area contributed by atoms with Gasteiger partial charge >= 0.3 is 17.3 Å². The standard InChI is InChI=1S/C29H32O16/c1-11(31)40-10-20-22(35)24(37)26(39)29(45-20)43-18-8-15-16(41-27(18)12-2-4-13(32)5-3-12)6-14(33)7-17(15)42-28-25(38)23(36)21(34)19(9-30)44-28/h2-8,19-26,28-30,34-39H,9-10H2,1H3,(H-,32,33)/p+1/t19?,20?,21-,22-,23+,24?,25?,26?,28-,29-/m1/s1. The van der Waals surface area contributed by atoms with Crippen molar-refractivity contribution in [3.63, 3.8) is 0 Å². The van der Waals surface area contributed by atoms with Gasteiger partial charge in [-0.15, -0.1) is 0 Å². The summed E-state index contributed by atoms with van der Waals surface area (Å²) in [7, 11) is 0. The maximum Gasteiger partial charge on any atom is 0.402 e. The summed E-state index contributed by atoms with van der Waals surface area (Å²) in [5, 5.41) is 92.3. The molecule has 3 aromatic rings. The number of benzene rings is 2. The average Bonchev–Trinajstić information content (AvgIpc) is 3.01. The molecule has 0 radical (unpaired) electrons. The number of carbonyl (C=O) groups excluding carboxylic acids is 1. The molecule has 9 N–H and O–H groups in total. The van der Waals surface area contributed by atoms with Gasteiger partial charge in [0, 0.05) is 19.1 Å². The monoisotopic (exact) mass is 637 g/mol.